The standard InChI is InChI=1S/C32H33IN2O7/c1-5-13-41-26-12-11-22(16-27(26)40-6-2)18-35-31(37)24(30(36)34-32(35)38)14-23-15-25(33)29(28(17-23)39-4)42-19-21-9-7-20(3)8-10-21/h7-12,14-17H,5-6,13,18-19H2,1-4H3,(H,34,36,38)/b24-14+. The highest BCUT2D eigenvalue weighted by Gasteiger charge is 2.36. The Bertz CT molecular complexity index is 1500. The lowest BCUT2D eigenvalue weighted by molar-refractivity contribution is -0.130. The summed E-state index contributed by atoms with van der Waals surface area (Å²) in [5.41, 5.74) is 3.19. The van der Waals surface area contributed by atoms with E-state index >= 15 is 0 Å². The Balaban J connectivity index is 1.57. The third-order valence-electron chi connectivity index (χ3n) is 6.36. The number of rotatable bonds is 12. The predicted molar refractivity (Wildman–Crippen MR) is 167 cm³/mol. The number of aryl methyl sites for hydroxylation is 1. The maximum Gasteiger partial charge on any atom is 0.331 e. The number of hydrogen-bond donors (Lipinski definition) is 1. The zero-order valence-electron chi connectivity index (χ0n) is 24.0. The molecule has 1 saturated heterocycles. The van der Waals surface area contributed by atoms with Gasteiger partial charge >= 0.3 is 6.03 Å². The molecule has 0 bridgehead atoms. The summed E-state index contributed by atoms with van der Waals surface area (Å²) in [7, 11) is 1.52. The first-order valence-electron chi connectivity index (χ1n) is 13.6. The summed E-state index contributed by atoms with van der Waals surface area (Å²) < 4.78 is 23.8. The van der Waals surface area contributed by atoms with Crippen LogP contribution in [0.15, 0.2) is 60.2 Å². The number of methoxy groups -OCH3 is 1. The molecule has 1 aliphatic heterocycles. The van der Waals surface area contributed by atoms with Crippen LogP contribution in [0.1, 0.15) is 42.5 Å². The fourth-order valence-electron chi connectivity index (χ4n) is 4.24. The molecule has 3 aromatic carbocycles. The van der Waals surface area contributed by atoms with Gasteiger partial charge in [0, 0.05) is 0 Å². The number of halogens is 1. The predicted octanol–water partition coefficient (Wildman–Crippen LogP) is 6.04. The molecule has 1 aliphatic rings. The van der Waals surface area contributed by atoms with Crippen molar-refractivity contribution in [3.8, 4) is 23.0 Å². The Morgan fingerprint density at radius 1 is 0.881 bits per heavy atom. The second-order valence-corrected chi connectivity index (χ2v) is 10.7. The molecule has 9 nitrogen and oxygen atoms in total. The van der Waals surface area contributed by atoms with Crippen LogP contribution in [0, 0.1) is 10.5 Å². The van der Waals surface area contributed by atoms with Gasteiger partial charge in [0.1, 0.15) is 12.2 Å². The lowest BCUT2D eigenvalue weighted by Gasteiger charge is -2.26. The maximum absolute atomic E-state index is 13.4. The first-order valence-corrected chi connectivity index (χ1v) is 14.6. The van der Waals surface area contributed by atoms with E-state index in [0.29, 0.717) is 53.9 Å². The van der Waals surface area contributed by atoms with Crippen LogP contribution in [0.3, 0.4) is 0 Å². The number of nitrogens with one attached hydrogen (secondary N) is 1. The third-order valence-corrected chi connectivity index (χ3v) is 7.16. The lowest BCUT2D eigenvalue weighted by atomic mass is 10.1. The molecule has 1 fully saturated rings. The summed E-state index contributed by atoms with van der Waals surface area (Å²) in [6.07, 6.45) is 2.28. The van der Waals surface area contributed by atoms with Crippen molar-refractivity contribution in [2.24, 2.45) is 0 Å². The van der Waals surface area contributed by atoms with Gasteiger partial charge < -0.3 is 18.9 Å². The highest BCUT2D eigenvalue weighted by Crippen LogP contribution is 2.36. The second kappa shape index (κ2) is 14.2. The number of ether oxygens (including phenoxy) is 4. The summed E-state index contributed by atoms with van der Waals surface area (Å²) in [6, 6.07) is 16.0. The van der Waals surface area contributed by atoms with Gasteiger partial charge in [-0.1, -0.05) is 42.8 Å². The average molecular weight is 685 g/mol. The fourth-order valence-corrected chi connectivity index (χ4v) is 5.02. The van der Waals surface area contributed by atoms with Crippen LogP contribution >= 0.6 is 22.6 Å². The van der Waals surface area contributed by atoms with Crippen LogP contribution in [0.25, 0.3) is 6.08 Å². The second-order valence-electron chi connectivity index (χ2n) is 9.58. The number of amides is 4. The van der Waals surface area contributed by atoms with Crippen molar-refractivity contribution in [3.05, 3.63) is 86.0 Å². The van der Waals surface area contributed by atoms with Gasteiger partial charge in [-0.25, -0.2) is 4.79 Å². The average Bonchev–Trinajstić information content (AvgIpc) is 2.97. The minimum absolute atomic E-state index is 0.0595. The molecular formula is C32H33IN2O7. The van der Waals surface area contributed by atoms with E-state index in [4.69, 9.17) is 18.9 Å². The molecule has 0 atom stereocenters. The number of urea groups is 1. The molecule has 1 heterocycles. The minimum Gasteiger partial charge on any atom is -0.493 e. The number of carbonyl (C=O) groups is 3. The van der Waals surface area contributed by atoms with Crippen molar-refractivity contribution in [2.45, 2.75) is 40.3 Å². The monoisotopic (exact) mass is 684 g/mol. The van der Waals surface area contributed by atoms with Crippen LogP contribution in [0.5, 0.6) is 23.0 Å². The van der Waals surface area contributed by atoms with Crippen LogP contribution in [0.4, 0.5) is 4.79 Å². The number of imide groups is 2. The molecule has 0 spiro atoms. The summed E-state index contributed by atoms with van der Waals surface area (Å²) in [5.74, 6) is 0.628. The van der Waals surface area contributed by atoms with Gasteiger partial charge in [0.25, 0.3) is 11.8 Å². The van der Waals surface area contributed by atoms with Gasteiger partial charge in [-0.3, -0.25) is 19.8 Å². The quantitative estimate of drug-likeness (QED) is 0.141. The molecule has 0 aromatic heterocycles. The molecule has 1 N–H and O–H groups in total. The van der Waals surface area contributed by atoms with Gasteiger partial charge in [-0.05, 0) is 89.9 Å². The van der Waals surface area contributed by atoms with Crippen LogP contribution in [-0.4, -0.2) is 43.1 Å². The number of hydrogen-bond acceptors (Lipinski definition) is 7. The molecule has 4 rings (SSSR count). The largest absolute Gasteiger partial charge is 0.493 e. The first kappa shape index (κ1) is 30.9. The van der Waals surface area contributed by atoms with E-state index in [0.717, 1.165) is 26.0 Å². The Labute approximate surface area is 258 Å². The van der Waals surface area contributed by atoms with Crippen molar-refractivity contribution in [3.63, 3.8) is 0 Å². The highest BCUT2D eigenvalue weighted by molar-refractivity contribution is 14.1. The zero-order chi connectivity index (χ0) is 30.2. The molecule has 0 radical (unpaired) electrons. The molecule has 0 unspecified atom stereocenters. The zero-order valence-corrected chi connectivity index (χ0v) is 26.1. The van der Waals surface area contributed by atoms with Gasteiger partial charge in [0.15, 0.2) is 23.0 Å². The Hall–Kier alpha value is -4.06. The van der Waals surface area contributed by atoms with E-state index in [-0.39, 0.29) is 12.1 Å². The Morgan fingerprint density at radius 2 is 1.62 bits per heavy atom. The van der Waals surface area contributed by atoms with Gasteiger partial charge in [-0.15, -0.1) is 0 Å². The molecule has 10 heteroatoms. The van der Waals surface area contributed by atoms with E-state index < -0.39 is 17.8 Å². The molecule has 4 amide bonds. The van der Waals surface area contributed by atoms with E-state index in [1.807, 2.05) is 45.0 Å². The SMILES string of the molecule is CCCOc1ccc(CN2C(=O)NC(=O)/C(=C\c3cc(I)c(OCc4ccc(C)cc4)c(OC)c3)C2=O)cc1OCC. The maximum atomic E-state index is 13.4. The lowest BCUT2D eigenvalue weighted by Crippen LogP contribution is -2.53. The van der Waals surface area contributed by atoms with Gasteiger partial charge in [0.05, 0.1) is 30.4 Å². The smallest absolute Gasteiger partial charge is 0.331 e. The normalized spacial score (nSPS) is 14.2. The molecular weight excluding hydrogens is 651 g/mol. The van der Waals surface area contributed by atoms with Crippen molar-refractivity contribution in [1.29, 1.82) is 0 Å². The van der Waals surface area contributed by atoms with E-state index in [1.54, 1.807) is 30.3 Å². The summed E-state index contributed by atoms with van der Waals surface area (Å²) in [4.78, 5) is 39.9. The molecule has 3 aromatic rings. The van der Waals surface area contributed by atoms with Crippen molar-refractivity contribution >= 4 is 46.5 Å². The molecule has 0 saturated carbocycles. The number of barbiturate groups is 1. The number of carbonyl (C=O) groups excluding carboxylic acids is 3. The molecule has 42 heavy (non-hydrogen) atoms. The van der Waals surface area contributed by atoms with Crippen molar-refractivity contribution in [2.75, 3.05) is 20.3 Å². The van der Waals surface area contributed by atoms with Crippen molar-refractivity contribution < 1.29 is 33.3 Å². The van der Waals surface area contributed by atoms with Crippen LogP contribution in [-0.2, 0) is 22.7 Å². The topological polar surface area (TPSA) is 103 Å². The fraction of sp³-hybridized carbons (Fsp3) is 0.281. The highest BCUT2D eigenvalue weighted by atomic mass is 127. The van der Waals surface area contributed by atoms with E-state index in [1.165, 1.54) is 13.2 Å². The number of benzene rings is 3. The molecule has 0 aliphatic carbocycles. The van der Waals surface area contributed by atoms with E-state index in [2.05, 4.69) is 27.9 Å². The van der Waals surface area contributed by atoms with Gasteiger partial charge in [-0.2, -0.15) is 0 Å². The van der Waals surface area contributed by atoms with Crippen molar-refractivity contribution in [1.82, 2.24) is 10.2 Å². The summed E-state index contributed by atoms with van der Waals surface area (Å²) in [5, 5.41) is 2.27. The van der Waals surface area contributed by atoms with E-state index in [9.17, 15) is 14.4 Å². The summed E-state index contributed by atoms with van der Waals surface area (Å²) in [6.45, 7) is 7.14. The third kappa shape index (κ3) is 7.41. The number of nitrogens with zero attached hydrogens (tertiary/aromatic N) is 1. The summed E-state index contributed by atoms with van der Waals surface area (Å²) >= 11 is 2.12. The first-order chi connectivity index (χ1) is 20.2. The molecule has 220 valence electrons. The van der Waals surface area contributed by atoms with Crippen LogP contribution < -0.4 is 24.3 Å². The van der Waals surface area contributed by atoms with Gasteiger partial charge in [0.2, 0.25) is 0 Å². The Morgan fingerprint density at radius 3 is 2.31 bits per heavy atom. The minimum atomic E-state index is -0.793. The van der Waals surface area contributed by atoms with Crippen LogP contribution in [0.2, 0.25) is 0 Å². The Kier molecular flexibility index (Phi) is 10.5.